The second-order valence-corrected chi connectivity index (χ2v) is 12.4. The quantitative estimate of drug-likeness (QED) is 0.358. The van der Waals surface area contributed by atoms with Crippen LogP contribution in [-0.4, -0.2) is 41.0 Å². The highest BCUT2D eigenvalue weighted by Crippen LogP contribution is 2.34. The van der Waals surface area contributed by atoms with Gasteiger partial charge >= 0.3 is 0 Å². The molecular formula is C30H39Cl2N5O2. The number of carbonyl (C=O) groups excluding carboxylic acids is 2. The Kier molecular flexibility index (Phi) is 8.82. The van der Waals surface area contributed by atoms with Gasteiger partial charge in [0.25, 0.3) is 5.91 Å². The number of halogens is 2. The van der Waals surface area contributed by atoms with Gasteiger partial charge in [0, 0.05) is 50.1 Å². The molecule has 3 aromatic rings. The van der Waals surface area contributed by atoms with E-state index in [-0.39, 0.29) is 11.8 Å². The third-order valence-corrected chi connectivity index (χ3v) is 8.34. The lowest BCUT2D eigenvalue weighted by molar-refractivity contribution is -0.128. The fraction of sp³-hybridized carbons (Fsp3) is 0.500. The molecule has 210 valence electrons. The molecule has 2 amide bonds. The van der Waals surface area contributed by atoms with Crippen molar-refractivity contribution in [3.05, 3.63) is 56.8 Å². The standard InChI is InChI=1S/C30H39Cl2N5O2/c1-7-33-28(38)21-14-23-25(16-24(21)37-12-10-18(2)11-13-37)36(6)26(35-23)15-20-22(31)9-8-19(27(20)32)17-34-29(39)30(3,4)5/h8-9,14,16,18H,7,10-13,15,17H2,1-6H3,(H,33,38)(H,34,39). The van der Waals surface area contributed by atoms with Crippen molar-refractivity contribution in [1.82, 2.24) is 20.2 Å². The summed E-state index contributed by atoms with van der Waals surface area (Å²) in [6, 6.07) is 7.65. The summed E-state index contributed by atoms with van der Waals surface area (Å²) in [5.41, 5.74) is 4.36. The smallest absolute Gasteiger partial charge is 0.253 e. The number of anilines is 1. The summed E-state index contributed by atoms with van der Waals surface area (Å²) in [5.74, 6) is 1.34. The number of hydrogen-bond donors (Lipinski definition) is 2. The molecule has 9 heteroatoms. The predicted molar refractivity (Wildman–Crippen MR) is 160 cm³/mol. The largest absolute Gasteiger partial charge is 0.371 e. The van der Waals surface area contributed by atoms with E-state index in [0.717, 1.165) is 59.6 Å². The molecule has 1 aromatic heterocycles. The minimum Gasteiger partial charge on any atom is -0.371 e. The van der Waals surface area contributed by atoms with Crippen molar-refractivity contribution in [3.8, 4) is 0 Å². The second kappa shape index (κ2) is 11.8. The molecule has 0 aliphatic carbocycles. The van der Waals surface area contributed by atoms with E-state index in [9.17, 15) is 9.59 Å². The van der Waals surface area contributed by atoms with E-state index in [1.807, 2.05) is 57.5 Å². The van der Waals surface area contributed by atoms with Gasteiger partial charge < -0.3 is 20.1 Å². The second-order valence-electron chi connectivity index (χ2n) is 11.6. The molecule has 2 heterocycles. The summed E-state index contributed by atoms with van der Waals surface area (Å²) in [6.45, 7) is 12.5. The number of imidazole rings is 1. The number of nitrogens with zero attached hydrogens (tertiary/aromatic N) is 3. The molecule has 0 radical (unpaired) electrons. The highest BCUT2D eigenvalue weighted by atomic mass is 35.5. The fourth-order valence-electron chi connectivity index (χ4n) is 4.93. The number of hydrogen-bond acceptors (Lipinski definition) is 4. The van der Waals surface area contributed by atoms with E-state index < -0.39 is 5.41 Å². The van der Waals surface area contributed by atoms with Crippen molar-refractivity contribution >= 4 is 51.7 Å². The van der Waals surface area contributed by atoms with Crippen LogP contribution in [0.2, 0.25) is 10.0 Å². The van der Waals surface area contributed by atoms with Crippen LogP contribution in [0.25, 0.3) is 11.0 Å². The summed E-state index contributed by atoms with van der Waals surface area (Å²) >= 11 is 13.4. The van der Waals surface area contributed by atoms with Gasteiger partial charge in [0.05, 0.1) is 27.3 Å². The Labute approximate surface area is 241 Å². The summed E-state index contributed by atoms with van der Waals surface area (Å²) in [4.78, 5) is 32.7. The minimum absolute atomic E-state index is 0.0488. The average Bonchev–Trinajstić information content (AvgIpc) is 3.19. The van der Waals surface area contributed by atoms with E-state index >= 15 is 0 Å². The number of rotatable bonds is 7. The molecule has 0 atom stereocenters. The van der Waals surface area contributed by atoms with E-state index in [1.165, 1.54) is 0 Å². The summed E-state index contributed by atoms with van der Waals surface area (Å²) in [6.07, 6.45) is 2.62. The first kappa shape index (κ1) is 29.2. The lowest BCUT2D eigenvalue weighted by atomic mass is 9.95. The van der Waals surface area contributed by atoms with Crippen LogP contribution in [-0.2, 0) is 24.8 Å². The predicted octanol–water partition coefficient (Wildman–Crippen LogP) is 6.12. The molecule has 4 rings (SSSR count). The van der Waals surface area contributed by atoms with Crippen LogP contribution in [0, 0.1) is 11.3 Å². The van der Waals surface area contributed by atoms with E-state index in [4.69, 9.17) is 28.2 Å². The van der Waals surface area contributed by atoms with Crippen LogP contribution < -0.4 is 15.5 Å². The number of aromatic nitrogens is 2. The monoisotopic (exact) mass is 571 g/mol. The zero-order chi connectivity index (χ0) is 28.5. The lowest BCUT2D eigenvalue weighted by Gasteiger charge is -2.33. The molecule has 1 fully saturated rings. The molecular weight excluding hydrogens is 533 g/mol. The Morgan fingerprint density at radius 2 is 1.79 bits per heavy atom. The van der Waals surface area contributed by atoms with Gasteiger partial charge in [-0.2, -0.15) is 0 Å². The zero-order valence-electron chi connectivity index (χ0n) is 23.8. The van der Waals surface area contributed by atoms with Gasteiger partial charge in [-0.25, -0.2) is 4.98 Å². The molecule has 0 spiro atoms. The van der Waals surface area contributed by atoms with Crippen LogP contribution in [0.5, 0.6) is 0 Å². The van der Waals surface area contributed by atoms with Crippen LogP contribution in [0.3, 0.4) is 0 Å². The van der Waals surface area contributed by atoms with Crippen molar-refractivity contribution in [2.24, 2.45) is 18.4 Å². The van der Waals surface area contributed by atoms with Gasteiger partial charge in [0.1, 0.15) is 5.82 Å². The highest BCUT2D eigenvalue weighted by molar-refractivity contribution is 6.36. The number of carbonyl (C=O) groups is 2. The topological polar surface area (TPSA) is 79.3 Å². The summed E-state index contributed by atoms with van der Waals surface area (Å²) in [5, 5.41) is 6.99. The Balaban J connectivity index is 1.69. The number of aryl methyl sites for hydroxylation is 1. The number of benzene rings is 2. The zero-order valence-corrected chi connectivity index (χ0v) is 25.3. The van der Waals surface area contributed by atoms with Gasteiger partial charge in [0.15, 0.2) is 0 Å². The number of amides is 2. The maximum atomic E-state index is 13.1. The van der Waals surface area contributed by atoms with Crippen LogP contribution in [0.4, 0.5) is 5.69 Å². The molecule has 39 heavy (non-hydrogen) atoms. The Hall–Kier alpha value is -2.77. The Bertz CT molecular complexity index is 1380. The maximum absolute atomic E-state index is 13.1. The molecule has 1 saturated heterocycles. The molecule has 0 bridgehead atoms. The molecule has 2 aromatic carbocycles. The molecule has 0 saturated carbocycles. The molecule has 2 N–H and O–H groups in total. The highest BCUT2D eigenvalue weighted by Gasteiger charge is 2.25. The van der Waals surface area contributed by atoms with Crippen LogP contribution >= 0.6 is 23.2 Å². The van der Waals surface area contributed by atoms with Gasteiger partial charge in [-0.3, -0.25) is 9.59 Å². The molecule has 0 unspecified atom stereocenters. The van der Waals surface area contributed by atoms with Gasteiger partial charge in [-0.05, 0) is 55.0 Å². The molecule has 7 nitrogen and oxygen atoms in total. The van der Waals surface area contributed by atoms with E-state index in [1.54, 1.807) is 0 Å². The minimum atomic E-state index is -0.493. The van der Waals surface area contributed by atoms with Crippen molar-refractivity contribution in [2.45, 2.75) is 60.4 Å². The maximum Gasteiger partial charge on any atom is 0.253 e. The van der Waals surface area contributed by atoms with Crippen LogP contribution in [0.15, 0.2) is 24.3 Å². The first-order valence-corrected chi connectivity index (χ1v) is 14.4. The van der Waals surface area contributed by atoms with E-state index in [0.29, 0.717) is 41.0 Å². The summed E-state index contributed by atoms with van der Waals surface area (Å²) in [7, 11) is 1.98. The number of piperidine rings is 1. The molecule has 1 aliphatic rings. The first-order valence-electron chi connectivity index (χ1n) is 13.7. The van der Waals surface area contributed by atoms with Gasteiger partial charge in [-0.15, -0.1) is 0 Å². The van der Waals surface area contributed by atoms with Crippen LogP contribution in [0.1, 0.15) is 74.8 Å². The third kappa shape index (κ3) is 6.36. The van der Waals surface area contributed by atoms with Crippen molar-refractivity contribution < 1.29 is 9.59 Å². The normalized spacial score (nSPS) is 14.6. The number of fused-ring (bicyclic) bond motifs is 1. The van der Waals surface area contributed by atoms with Crippen molar-refractivity contribution in [1.29, 1.82) is 0 Å². The van der Waals surface area contributed by atoms with E-state index in [2.05, 4.69) is 28.5 Å². The SMILES string of the molecule is CCNC(=O)c1cc2nc(Cc3c(Cl)ccc(CNC(=O)C(C)(C)C)c3Cl)n(C)c2cc1N1CCC(C)CC1. The Morgan fingerprint density at radius 1 is 1.10 bits per heavy atom. The van der Waals surface area contributed by atoms with Crippen molar-refractivity contribution in [2.75, 3.05) is 24.5 Å². The van der Waals surface area contributed by atoms with Gasteiger partial charge in [-0.1, -0.05) is 57.0 Å². The summed E-state index contributed by atoms with van der Waals surface area (Å²) < 4.78 is 2.05. The average molecular weight is 573 g/mol. The fourth-order valence-corrected chi connectivity index (χ4v) is 5.50. The first-order chi connectivity index (χ1) is 18.4. The van der Waals surface area contributed by atoms with Crippen molar-refractivity contribution in [3.63, 3.8) is 0 Å². The van der Waals surface area contributed by atoms with Gasteiger partial charge in [0.2, 0.25) is 5.91 Å². The third-order valence-electron chi connectivity index (χ3n) is 7.52. The Morgan fingerprint density at radius 3 is 2.44 bits per heavy atom. The lowest BCUT2D eigenvalue weighted by Crippen LogP contribution is -2.35. The number of nitrogens with one attached hydrogen (secondary N) is 2. The molecule has 1 aliphatic heterocycles.